The van der Waals surface area contributed by atoms with Gasteiger partial charge in [-0.1, -0.05) is 120 Å². The molecule has 0 aromatic carbocycles. The van der Waals surface area contributed by atoms with Gasteiger partial charge in [-0.25, -0.2) is 38.4 Å². The van der Waals surface area contributed by atoms with Crippen molar-refractivity contribution in [3.8, 4) is 0 Å². The molecular formula is C95H140O16. The molecule has 21 rings (SSSR count). The zero-order valence-electron chi connectivity index (χ0n) is 69.8. The van der Waals surface area contributed by atoms with E-state index in [4.69, 9.17) is 37.9 Å². The fraction of sp³-hybridized carbons (Fsp3) is 0.832. The standard InChI is InChI=1S/C25H36O4.C24H36O4.2C23H34O4/c1-14(2)23(27)28-13-22(26)29-25(21-9-17-8-18(21)5-15(17)3)19-6-16-7-20(25)12-24(4,10-16)11-19;1-15(2)22(26)27-14-21(25)28-24(18-7-5-16(3)6-8-18)19-9-17-10-20(24)13-23(4,11-17)12-19;1-4-20(24)26-14-21(25)27-23(17-7-5-15(2)6-8-17)18-9-16-10-19(23)13-22(3,11-16)12-18;1-4-20(24)26-14-21(25)27-23(17-7-5-6-15(2)8-17)18-9-16-10-19(23)13-22(3,11-16)12-18/h15-21H,1,5-13H2,2-4H3;16-20H,1,5-14H2,2-4H3;2*4,15-19H,1,5-14H2,2-3H3. The van der Waals surface area contributed by atoms with Gasteiger partial charge in [0, 0.05) is 76.6 Å². The average molecular weight is 1540 g/mol. The van der Waals surface area contributed by atoms with Crippen LogP contribution in [0.3, 0.4) is 0 Å². The van der Waals surface area contributed by atoms with Crippen molar-refractivity contribution < 1.29 is 76.3 Å². The van der Waals surface area contributed by atoms with Crippen LogP contribution in [0.15, 0.2) is 49.6 Å². The number of rotatable bonds is 20. The lowest BCUT2D eigenvalue weighted by molar-refractivity contribution is -0.250. The lowest BCUT2D eigenvalue weighted by Crippen LogP contribution is -2.66. The highest BCUT2D eigenvalue weighted by Crippen LogP contribution is 2.73. The highest BCUT2D eigenvalue weighted by Gasteiger charge is 2.71. The first-order chi connectivity index (χ1) is 52.6. The molecule has 21 fully saturated rings. The van der Waals surface area contributed by atoms with Crippen LogP contribution in [0.2, 0.25) is 0 Å². The van der Waals surface area contributed by atoms with Gasteiger partial charge in [-0.3, -0.25) is 0 Å². The number of esters is 8. The minimum absolute atomic E-state index is 0.287. The molecule has 18 bridgehead atoms. The van der Waals surface area contributed by atoms with Crippen molar-refractivity contribution in [2.45, 2.75) is 316 Å². The molecule has 16 heteroatoms. The molecule has 111 heavy (non-hydrogen) atoms. The number of ether oxygens (including phenoxy) is 8. The second-order valence-electron chi connectivity index (χ2n) is 43.0. The normalized spacial score (nSPS) is 46.1. The maximum atomic E-state index is 12.9. The minimum atomic E-state index is -0.565. The Morgan fingerprint density at radius 3 is 0.910 bits per heavy atom. The molecule has 0 saturated heterocycles. The van der Waals surface area contributed by atoms with Crippen molar-refractivity contribution in [2.24, 2.45) is 152 Å². The Balaban J connectivity index is 0.000000123. The summed E-state index contributed by atoms with van der Waals surface area (Å²) in [7, 11) is 0. The lowest BCUT2D eigenvalue weighted by atomic mass is 9.42. The highest BCUT2D eigenvalue weighted by atomic mass is 16.6. The first kappa shape index (κ1) is 82.3. The summed E-state index contributed by atoms with van der Waals surface area (Å²) in [6, 6.07) is 0. The second kappa shape index (κ2) is 32.0. The molecule has 21 aliphatic carbocycles. The molecular weight excluding hydrogens is 1400 g/mol. The highest BCUT2D eigenvalue weighted by molar-refractivity contribution is 5.89. The van der Waals surface area contributed by atoms with Crippen LogP contribution in [0, 0.1) is 152 Å². The molecule has 0 heterocycles. The van der Waals surface area contributed by atoms with Gasteiger partial charge >= 0.3 is 47.8 Å². The third kappa shape index (κ3) is 16.3. The topological polar surface area (TPSA) is 210 Å². The number of hydrogen-bond donors (Lipinski definition) is 0. The summed E-state index contributed by atoms with van der Waals surface area (Å²) in [5, 5.41) is 0. The molecule has 16 nitrogen and oxygen atoms in total. The molecule has 14 atom stereocenters. The largest absolute Gasteiger partial charge is 0.456 e. The summed E-state index contributed by atoms with van der Waals surface area (Å²) in [6.45, 7) is 35.2. The van der Waals surface area contributed by atoms with Crippen molar-refractivity contribution >= 4 is 47.8 Å². The molecule has 0 amide bonds. The Morgan fingerprint density at radius 1 is 0.324 bits per heavy atom. The summed E-state index contributed by atoms with van der Waals surface area (Å²) in [4.78, 5) is 97.4. The van der Waals surface area contributed by atoms with Crippen molar-refractivity contribution in [1.82, 2.24) is 0 Å². The summed E-state index contributed by atoms with van der Waals surface area (Å²) < 4.78 is 45.9. The summed E-state index contributed by atoms with van der Waals surface area (Å²) in [5.74, 6) is 9.87. The fourth-order valence-electron chi connectivity index (χ4n) is 31.3. The summed E-state index contributed by atoms with van der Waals surface area (Å²) in [5.41, 5.74) is 1.06. The lowest BCUT2D eigenvalue weighted by Gasteiger charge is -2.66. The van der Waals surface area contributed by atoms with E-state index in [1.807, 2.05) is 0 Å². The van der Waals surface area contributed by atoms with Crippen molar-refractivity contribution in [2.75, 3.05) is 26.4 Å². The molecule has 21 saturated carbocycles. The van der Waals surface area contributed by atoms with Gasteiger partial charge in [0.1, 0.15) is 22.4 Å². The van der Waals surface area contributed by atoms with Crippen LogP contribution in [0.1, 0.15) is 294 Å². The molecule has 0 radical (unpaired) electrons. The number of hydrogen-bond acceptors (Lipinski definition) is 16. The first-order valence-electron chi connectivity index (χ1n) is 44.7. The van der Waals surface area contributed by atoms with E-state index in [2.05, 4.69) is 81.7 Å². The summed E-state index contributed by atoms with van der Waals surface area (Å²) in [6.07, 6.45) is 45.0. The molecule has 14 unspecified atom stereocenters. The van der Waals surface area contributed by atoms with E-state index in [0.717, 1.165) is 91.6 Å². The van der Waals surface area contributed by atoms with Crippen LogP contribution >= 0.6 is 0 Å². The minimum Gasteiger partial charge on any atom is -0.456 e. The third-order valence-electron chi connectivity index (χ3n) is 34.3. The van der Waals surface area contributed by atoms with Crippen molar-refractivity contribution in [3.63, 3.8) is 0 Å². The van der Waals surface area contributed by atoms with Crippen LogP contribution in [-0.2, 0) is 76.3 Å². The van der Waals surface area contributed by atoms with Gasteiger partial charge in [0.25, 0.3) is 0 Å². The van der Waals surface area contributed by atoms with Crippen molar-refractivity contribution in [3.05, 3.63) is 49.6 Å². The Kier molecular flexibility index (Phi) is 23.7. The van der Waals surface area contributed by atoms with E-state index in [0.29, 0.717) is 116 Å². The van der Waals surface area contributed by atoms with Crippen LogP contribution in [0.4, 0.5) is 0 Å². The Bertz CT molecular complexity index is 3470. The molecule has 21 aliphatic rings. The zero-order valence-corrected chi connectivity index (χ0v) is 69.8. The quantitative estimate of drug-likeness (QED) is 0.0630. The van der Waals surface area contributed by atoms with E-state index >= 15 is 0 Å². The van der Waals surface area contributed by atoms with Gasteiger partial charge in [0.2, 0.25) is 0 Å². The Hall–Kier alpha value is -5.28. The van der Waals surface area contributed by atoms with Gasteiger partial charge in [0.15, 0.2) is 26.4 Å². The van der Waals surface area contributed by atoms with E-state index < -0.39 is 23.9 Å². The zero-order chi connectivity index (χ0) is 79.1. The molecule has 616 valence electrons. The van der Waals surface area contributed by atoms with E-state index in [9.17, 15) is 38.4 Å². The molecule has 0 N–H and O–H groups in total. The van der Waals surface area contributed by atoms with E-state index in [1.165, 1.54) is 193 Å². The molecule has 0 aromatic heterocycles. The predicted octanol–water partition coefficient (Wildman–Crippen LogP) is 19.3. The third-order valence-corrected chi connectivity index (χ3v) is 34.3. The van der Waals surface area contributed by atoms with Gasteiger partial charge in [-0.05, 0) is 299 Å². The number of carbonyl (C=O) groups excluding carboxylic acids is 8. The molecule has 0 aromatic rings. The van der Waals surface area contributed by atoms with Gasteiger partial charge in [0.05, 0.1) is 0 Å². The van der Waals surface area contributed by atoms with Crippen LogP contribution in [0.5, 0.6) is 0 Å². The van der Waals surface area contributed by atoms with Crippen molar-refractivity contribution in [1.29, 1.82) is 0 Å². The van der Waals surface area contributed by atoms with Gasteiger partial charge in [-0.15, -0.1) is 0 Å². The van der Waals surface area contributed by atoms with Gasteiger partial charge < -0.3 is 37.9 Å². The van der Waals surface area contributed by atoms with Crippen LogP contribution < -0.4 is 0 Å². The smallest absolute Gasteiger partial charge is 0.344 e. The maximum absolute atomic E-state index is 12.9. The number of fused-ring (bicyclic) bond motifs is 2. The van der Waals surface area contributed by atoms with Crippen LogP contribution in [0.25, 0.3) is 0 Å². The maximum Gasteiger partial charge on any atom is 0.344 e. The summed E-state index contributed by atoms with van der Waals surface area (Å²) >= 11 is 0. The number of carbonyl (C=O) groups is 8. The Labute approximate surface area is 664 Å². The predicted molar refractivity (Wildman–Crippen MR) is 423 cm³/mol. The molecule has 0 aliphatic heterocycles. The second-order valence-corrected chi connectivity index (χ2v) is 43.0. The van der Waals surface area contributed by atoms with E-state index in [1.54, 1.807) is 13.8 Å². The van der Waals surface area contributed by atoms with E-state index in [-0.39, 0.29) is 72.7 Å². The average Bonchev–Trinajstić information content (AvgIpc) is 1.43. The SMILES string of the molecule is C=C(C)C(=O)OCC(=O)OC1(C2CC3CC2CC3C)C2CC3CC1CC(C)(C3)C2.C=C(C)C(=O)OCC(=O)OC1(C2CCC(C)CC2)C2CC3CC1CC(C)(C3)C2.C=CC(=O)OCC(=O)OC1(C2CCC(C)CC2)C2CC3CC1CC(C)(C3)C2.C=CC(=O)OCC(=O)OC1(C2CCCC(C)C2)C2CC3CC1CC(C)(C3)C2. The first-order valence-corrected chi connectivity index (χ1v) is 44.7. The monoisotopic (exact) mass is 1540 g/mol. The Morgan fingerprint density at radius 2 is 0.631 bits per heavy atom. The van der Waals surface area contributed by atoms with Crippen LogP contribution in [-0.4, -0.2) is 96.6 Å². The molecule has 0 spiro atoms. The van der Waals surface area contributed by atoms with Gasteiger partial charge in [-0.2, -0.15) is 0 Å². The fourth-order valence-corrected chi connectivity index (χ4v) is 31.3.